The minimum Gasteiger partial charge on any atom is -0.207 e. The molecule has 0 heterocycles. The smallest absolute Gasteiger partial charge is 0.147 e. The quantitative estimate of drug-likeness (QED) is 0.400. The summed E-state index contributed by atoms with van der Waals surface area (Å²) in [7, 11) is -2.18. The van der Waals surface area contributed by atoms with Crippen LogP contribution in [0.1, 0.15) is 0 Å². The van der Waals surface area contributed by atoms with Crippen molar-refractivity contribution in [1.29, 1.82) is 0 Å². The molecule has 0 saturated heterocycles. The molecule has 0 atom stereocenters. The normalized spacial score (nSPS) is 11.9. The second-order valence-corrected chi connectivity index (χ2v) is 9.47. The third-order valence-electron chi connectivity index (χ3n) is 1.86. The molecular weight excluding hydrogens is 229 g/mol. The molecule has 5 heteroatoms. The monoisotopic (exact) mass is 238 g/mol. The lowest BCUT2D eigenvalue weighted by molar-refractivity contribution is 0.553. The molecule has 0 aliphatic rings. The molecule has 0 radical (unpaired) electrons. The molecule has 0 unspecified atom stereocenters. The first-order valence-electron chi connectivity index (χ1n) is 4.08. The predicted molar refractivity (Wildman–Crippen MR) is 54.3 cm³/mol. The summed E-state index contributed by atoms with van der Waals surface area (Å²) in [6, 6.07) is 0.638. The Morgan fingerprint density at radius 2 is 1.57 bits per heavy atom. The van der Waals surface area contributed by atoms with Gasteiger partial charge in [-0.3, -0.25) is 0 Å². The van der Waals surface area contributed by atoms with Crippen LogP contribution in [0.5, 0.6) is 0 Å². The summed E-state index contributed by atoms with van der Waals surface area (Å²) in [4.78, 5) is 0. The fourth-order valence-electron chi connectivity index (χ4n) is 1.25. The fraction of sp³-hybridized carbons (Fsp3) is 0.333. The predicted octanol–water partition coefficient (Wildman–Crippen LogP) is 3.30. The third-order valence-corrected chi connectivity index (χ3v) is 4.17. The van der Waals surface area contributed by atoms with Gasteiger partial charge in [0.2, 0.25) is 0 Å². The van der Waals surface area contributed by atoms with Crippen molar-refractivity contribution in [3.8, 4) is 0 Å². The molecule has 0 aliphatic carbocycles. The molecule has 1 rings (SSSR count). The van der Waals surface area contributed by atoms with E-state index in [2.05, 4.69) is 0 Å². The van der Waals surface area contributed by atoms with Crippen LogP contribution in [0.4, 0.5) is 13.2 Å². The molecule has 0 aromatic heterocycles. The Balaban J connectivity index is 3.53. The number of rotatable bonds is 1. The van der Waals surface area contributed by atoms with Crippen LogP contribution in [-0.4, -0.2) is 8.07 Å². The first kappa shape index (κ1) is 11.6. The Morgan fingerprint density at radius 1 is 1.07 bits per heavy atom. The average molecular weight is 239 g/mol. The van der Waals surface area contributed by atoms with Gasteiger partial charge in [0.05, 0.1) is 8.07 Å². The molecule has 0 amide bonds. The zero-order valence-electron chi connectivity index (χ0n) is 8.09. The summed E-state index contributed by atoms with van der Waals surface area (Å²) in [6.07, 6.45) is 0. The topological polar surface area (TPSA) is 0 Å². The van der Waals surface area contributed by atoms with Gasteiger partial charge < -0.3 is 0 Å². The highest BCUT2D eigenvalue weighted by molar-refractivity contribution is 6.88. The van der Waals surface area contributed by atoms with Crippen LogP contribution >= 0.6 is 11.6 Å². The molecule has 1 aromatic rings. The summed E-state index contributed by atoms with van der Waals surface area (Å²) in [5.41, 5.74) is 0. The highest BCUT2D eigenvalue weighted by atomic mass is 35.5. The van der Waals surface area contributed by atoms with E-state index < -0.39 is 30.5 Å². The van der Waals surface area contributed by atoms with E-state index >= 15 is 0 Å². The molecule has 78 valence electrons. The first-order valence-corrected chi connectivity index (χ1v) is 7.96. The minimum atomic E-state index is -2.18. The van der Waals surface area contributed by atoms with E-state index in [4.69, 9.17) is 11.6 Å². The van der Waals surface area contributed by atoms with Gasteiger partial charge in [-0.2, -0.15) is 0 Å². The lowest BCUT2D eigenvalue weighted by Crippen LogP contribution is -2.42. The maximum Gasteiger partial charge on any atom is 0.147 e. The first-order chi connectivity index (χ1) is 6.25. The van der Waals surface area contributed by atoms with Gasteiger partial charge in [-0.15, -0.1) is 0 Å². The summed E-state index contributed by atoms with van der Waals surface area (Å²) in [5, 5.41) is -0.673. The van der Waals surface area contributed by atoms with E-state index in [9.17, 15) is 13.2 Å². The minimum absolute atomic E-state index is 0.0519. The van der Waals surface area contributed by atoms with Crippen LogP contribution in [0.2, 0.25) is 24.7 Å². The summed E-state index contributed by atoms with van der Waals surface area (Å²) < 4.78 is 39.5. The second kappa shape index (κ2) is 3.59. The highest BCUT2D eigenvalue weighted by Crippen LogP contribution is 2.21. The largest absolute Gasteiger partial charge is 0.207 e. The molecule has 1 aromatic carbocycles. The number of hydrogen-bond donors (Lipinski definition) is 0. The molecule has 0 saturated carbocycles. The van der Waals surface area contributed by atoms with E-state index in [0.29, 0.717) is 6.07 Å². The van der Waals surface area contributed by atoms with Crippen molar-refractivity contribution < 1.29 is 13.2 Å². The van der Waals surface area contributed by atoms with Gasteiger partial charge in [0, 0.05) is 11.3 Å². The lowest BCUT2D eigenvalue weighted by atomic mass is 10.3. The Kier molecular flexibility index (Phi) is 2.97. The van der Waals surface area contributed by atoms with Crippen LogP contribution in [0, 0.1) is 17.5 Å². The Labute approximate surface area is 86.7 Å². The van der Waals surface area contributed by atoms with Crippen LogP contribution in [-0.2, 0) is 0 Å². The Hall–Kier alpha value is -0.483. The molecule has 0 spiro atoms. The maximum atomic E-state index is 13.4. The van der Waals surface area contributed by atoms with Crippen molar-refractivity contribution in [2.75, 3.05) is 0 Å². The molecule has 0 bridgehead atoms. The molecule has 0 fully saturated rings. The number of halogens is 4. The zero-order chi connectivity index (χ0) is 11.1. The van der Waals surface area contributed by atoms with Gasteiger partial charge in [0.1, 0.15) is 22.5 Å². The van der Waals surface area contributed by atoms with E-state index in [1.165, 1.54) is 0 Å². The van der Waals surface area contributed by atoms with E-state index in [1.54, 1.807) is 19.6 Å². The van der Waals surface area contributed by atoms with E-state index in [0.717, 1.165) is 0 Å². The van der Waals surface area contributed by atoms with Gasteiger partial charge in [0.15, 0.2) is 0 Å². The maximum absolute atomic E-state index is 13.4. The van der Waals surface area contributed by atoms with Crippen molar-refractivity contribution in [2.24, 2.45) is 0 Å². The molecular formula is C9H10ClF3Si. The van der Waals surface area contributed by atoms with Crippen LogP contribution < -0.4 is 5.19 Å². The SMILES string of the molecule is C[Si](C)(C)c1c(F)cc(F)c(Cl)c1F. The zero-order valence-corrected chi connectivity index (χ0v) is 9.85. The molecule has 0 aliphatic heterocycles. The molecule has 0 nitrogen and oxygen atoms in total. The fourth-order valence-corrected chi connectivity index (χ4v) is 3.05. The summed E-state index contributed by atoms with van der Waals surface area (Å²) >= 11 is 5.37. The Bertz CT molecular complexity index is 371. The van der Waals surface area contributed by atoms with Crippen LogP contribution in [0.3, 0.4) is 0 Å². The molecule has 0 N–H and O–H groups in total. The van der Waals surface area contributed by atoms with Crippen molar-refractivity contribution in [1.82, 2.24) is 0 Å². The van der Waals surface area contributed by atoms with Gasteiger partial charge >= 0.3 is 0 Å². The molecule has 14 heavy (non-hydrogen) atoms. The van der Waals surface area contributed by atoms with Gasteiger partial charge in [-0.25, -0.2) is 13.2 Å². The number of hydrogen-bond acceptors (Lipinski definition) is 0. The van der Waals surface area contributed by atoms with Crippen molar-refractivity contribution in [3.63, 3.8) is 0 Å². The van der Waals surface area contributed by atoms with Gasteiger partial charge in [-0.1, -0.05) is 31.2 Å². The Morgan fingerprint density at radius 3 is 2.00 bits per heavy atom. The van der Waals surface area contributed by atoms with Gasteiger partial charge in [0.25, 0.3) is 0 Å². The van der Waals surface area contributed by atoms with Crippen molar-refractivity contribution in [2.45, 2.75) is 19.6 Å². The van der Waals surface area contributed by atoms with Gasteiger partial charge in [-0.05, 0) is 0 Å². The van der Waals surface area contributed by atoms with Crippen molar-refractivity contribution in [3.05, 3.63) is 28.5 Å². The standard InChI is InChI=1S/C9H10ClF3Si/c1-14(2,3)9-6(12)4-5(11)7(10)8(9)13/h4H,1-3H3. The van der Waals surface area contributed by atoms with E-state index in [-0.39, 0.29) is 5.19 Å². The third kappa shape index (κ3) is 1.96. The second-order valence-electron chi connectivity index (χ2n) is 4.09. The highest BCUT2D eigenvalue weighted by Gasteiger charge is 2.28. The lowest BCUT2D eigenvalue weighted by Gasteiger charge is -2.19. The summed E-state index contributed by atoms with van der Waals surface area (Å²) in [5.74, 6) is -2.85. The summed E-state index contributed by atoms with van der Waals surface area (Å²) in [6.45, 7) is 5.30. The number of benzene rings is 1. The van der Waals surface area contributed by atoms with Crippen LogP contribution in [0.25, 0.3) is 0 Å². The van der Waals surface area contributed by atoms with Crippen LogP contribution in [0.15, 0.2) is 6.07 Å². The van der Waals surface area contributed by atoms with E-state index in [1.807, 2.05) is 0 Å². The van der Waals surface area contributed by atoms with Crippen molar-refractivity contribution >= 4 is 24.9 Å². The average Bonchev–Trinajstić information content (AvgIpc) is 1.97.